The van der Waals surface area contributed by atoms with Gasteiger partial charge in [0.05, 0.1) is 0 Å². The quantitative estimate of drug-likeness (QED) is 0.216. The number of ether oxygens (including phenoxy) is 1. The second kappa shape index (κ2) is 6.93. The van der Waals surface area contributed by atoms with E-state index in [2.05, 4.69) is 15.8 Å². The highest BCUT2D eigenvalue weighted by molar-refractivity contribution is 6.06. The molecule has 0 aliphatic carbocycles. The van der Waals surface area contributed by atoms with E-state index in [1.54, 1.807) is 0 Å². The van der Waals surface area contributed by atoms with E-state index < -0.39 is 5.41 Å². The SMILES string of the molecule is CNC(=O)CCNC(=O)C1(C(N)=NO)CCOCC1. The molecule has 1 aliphatic rings. The van der Waals surface area contributed by atoms with Gasteiger partial charge in [-0.3, -0.25) is 9.59 Å². The fourth-order valence-electron chi connectivity index (χ4n) is 2.00. The average molecular weight is 272 g/mol. The van der Waals surface area contributed by atoms with E-state index in [9.17, 15) is 9.59 Å². The van der Waals surface area contributed by atoms with Gasteiger partial charge < -0.3 is 26.3 Å². The van der Waals surface area contributed by atoms with Crippen molar-refractivity contribution in [3.8, 4) is 0 Å². The van der Waals surface area contributed by atoms with Crippen LogP contribution in [0.5, 0.6) is 0 Å². The third kappa shape index (κ3) is 3.57. The molecule has 2 amide bonds. The van der Waals surface area contributed by atoms with Gasteiger partial charge in [0.1, 0.15) is 5.41 Å². The average Bonchev–Trinajstić information content (AvgIpc) is 2.46. The Morgan fingerprint density at radius 3 is 2.58 bits per heavy atom. The van der Waals surface area contributed by atoms with Crippen molar-refractivity contribution in [3.63, 3.8) is 0 Å². The molecular formula is C11H20N4O4. The van der Waals surface area contributed by atoms with E-state index in [1.165, 1.54) is 7.05 Å². The Morgan fingerprint density at radius 2 is 2.05 bits per heavy atom. The molecule has 0 aromatic heterocycles. The number of nitrogens with one attached hydrogen (secondary N) is 2. The number of nitrogens with zero attached hydrogens (tertiary/aromatic N) is 1. The van der Waals surface area contributed by atoms with Gasteiger partial charge in [-0.2, -0.15) is 0 Å². The van der Waals surface area contributed by atoms with Crippen LogP contribution in [0.4, 0.5) is 0 Å². The summed E-state index contributed by atoms with van der Waals surface area (Å²) in [6, 6.07) is 0. The highest BCUT2D eigenvalue weighted by Crippen LogP contribution is 2.31. The van der Waals surface area contributed by atoms with Crippen LogP contribution in [-0.2, 0) is 14.3 Å². The highest BCUT2D eigenvalue weighted by Gasteiger charge is 2.44. The summed E-state index contributed by atoms with van der Waals surface area (Å²) in [6.07, 6.45) is 0.897. The topological polar surface area (TPSA) is 126 Å². The van der Waals surface area contributed by atoms with Gasteiger partial charge in [0.2, 0.25) is 11.8 Å². The minimum atomic E-state index is -1.05. The van der Waals surface area contributed by atoms with E-state index in [4.69, 9.17) is 15.7 Å². The summed E-state index contributed by atoms with van der Waals surface area (Å²) < 4.78 is 5.19. The Labute approximate surface area is 111 Å². The van der Waals surface area contributed by atoms with Crippen LogP contribution in [0.3, 0.4) is 0 Å². The van der Waals surface area contributed by atoms with Crippen molar-refractivity contribution in [2.45, 2.75) is 19.3 Å². The highest BCUT2D eigenvalue weighted by atomic mass is 16.5. The molecule has 0 spiro atoms. The van der Waals surface area contributed by atoms with Crippen LogP contribution in [0, 0.1) is 5.41 Å². The van der Waals surface area contributed by atoms with Gasteiger partial charge in [0.15, 0.2) is 5.84 Å². The van der Waals surface area contributed by atoms with Gasteiger partial charge in [-0.1, -0.05) is 5.16 Å². The standard InChI is InChI=1S/C11H20N4O4/c1-13-8(16)2-5-14-10(17)11(9(12)15-18)3-6-19-7-4-11/h18H,2-7H2,1H3,(H2,12,15)(H,13,16)(H,14,17). The Morgan fingerprint density at radius 1 is 1.42 bits per heavy atom. The van der Waals surface area contributed by atoms with Crippen molar-refractivity contribution >= 4 is 17.6 Å². The van der Waals surface area contributed by atoms with Gasteiger partial charge in [-0.25, -0.2) is 0 Å². The molecule has 0 unspecified atom stereocenters. The first-order valence-electron chi connectivity index (χ1n) is 6.11. The third-order valence-electron chi connectivity index (χ3n) is 3.30. The van der Waals surface area contributed by atoms with Crippen LogP contribution in [0.2, 0.25) is 0 Å². The maximum Gasteiger partial charge on any atom is 0.234 e. The van der Waals surface area contributed by atoms with Crippen LogP contribution in [0.15, 0.2) is 5.16 Å². The lowest BCUT2D eigenvalue weighted by atomic mass is 9.78. The maximum atomic E-state index is 12.2. The number of amides is 2. The lowest BCUT2D eigenvalue weighted by molar-refractivity contribution is -0.131. The summed E-state index contributed by atoms with van der Waals surface area (Å²) in [7, 11) is 1.53. The summed E-state index contributed by atoms with van der Waals surface area (Å²) in [5.41, 5.74) is 4.60. The first-order chi connectivity index (χ1) is 9.06. The molecule has 5 N–H and O–H groups in total. The monoisotopic (exact) mass is 272 g/mol. The number of hydrogen-bond donors (Lipinski definition) is 4. The number of carbonyl (C=O) groups is 2. The van der Waals surface area contributed by atoms with Crippen LogP contribution in [0.25, 0.3) is 0 Å². The zero-order valence-electron chi connectivity index (χ0n) is 10.9. The molecule has 0 saturated carbocycles. The summed E-state index contributed by atoms with van der Waals surface area (Å²) >= 11 is 0. The smallest absolute Gasteiger partial charge is 0.234 e. The predicted octanol–water partition coefficient (Wildman–Crippen LogP) is -1.22. The van der Waals surface area contributed by atoms with Crippen LogP contribution in [-0.4, -0.2) is 49.7 Å². The number of oxime groups is 1. The molecule has 0 atom stereocenters. The van der Waals surface area contributed by atoms with Crippen molar-refractivity contribution in [2.24, 2.45) is 16.3 Å². The Bertz CT molecular complexity index is 364. The number of rotatable bonds is 5. The van der Waals surface area contributed by atoms with E-state index >= 15 is 0 Å². The van der Waals surface area contributed by atoms with Crippen molar-refractivity contribution < 1.29 is 19.5 Å². The minimum absolute atomic E-state index is 0.117. The Kier molecular flexibility index (Phi) is 5.56. The van der Waals surface area contributed by atoms with Crippen molar-refractivity contribution in [2.75, 3.05) is 26.8 Å². The first-order valence-corrected chi connectivity index (χ1v) is 6.11. The van der Waals surface area contributed by atoms with Gasteiger partial charge >= 0.3 is 0 Å². The van der Waals surface area contributed by atoms with E-state index in [0.29, 0.717) is 26.1 Å². The van der Waals surface area contributed by atoms with Crippen LogP contribution >= 0.6 is 0 Å². The fourth-order valence-corrected chi connectivity index (χ4v) is 2.00. The predicted molar refractivity (Wildman–Crippen MR) is 67.6 cm³/mol. The van der Waals surface area contributed by atoms with Crippen molar-refractivity contribution in [1.82, 2.24) is 10.6 Å². The molecule has 1 saturated heterocycles. The minimum Gasteiger partial charge on any atom is -0.409 e. The molecule has 0 radical (unpaired) electrons. The Hall–Kier alpha value is -1.83. The van der Waals surface area contributed by atoms with Gasteiger partial charge in [-0.15, -0.1) is 0 Å². The molecule has 1 aliphatic heterocycles. The lowest BCUT2D eigenvalue weighted by Gasteiger charge is -2.34. The zero-order chi connectivity index (χ0) is 14.3. The van der Waals surface area contributed by atoms with E-state index in [1.807, 2.05) is 0 Å². The van der Waals surface area contributed by atoms with E-state index in [0.717, 1.165) is 0 Å². The van der Waals surface area contributed by atoms with Crippen LogP contribution in [0.1, 0.15) is 19.3 Å². The largest absolute Gasteiger partial charge is 0.409 e. The van der Waals surface area contributed by atoms with Gasteiger partial charge in [-0.05, 0) is 12.8 Å². The number of hydrogen-bond acceptors (Lipinski definition) is 5. The second-order valence-electron chi connectivity index (χ2n) is 4.36. The molecule has 1 rings (SSSR count). The molecule has 0 bridgehead atoms. The third-order valence-corrected chi connectivity index (χ3v) is 3.30. The summed E-state index contributed by atoms with van der Waals surface area (Å²) in [4.78, 5) is 23.3. The Balaban J connectivity index is 2.65. The molecule has 1 heterocycles. The van der Waals surface area contributed by atoms with Crippen LogP contribution < -0.4 is 16.4 Å². The molecule has 8 nitrogen and oxygen atoms in total. The number of nitrogens with two attached hydrogens (primary N) is 1. The molecule has 8 heteroatoms. The summed E-state index contributed by atoms with van der Waals surface area (Å²) in [5, 5.41) is 16.9. The van der Waals surface area contributed by atoms with Gasteiger partial charge in [0, 0.05) is 33.2 Å². The fraction of sp³-hybridized carbons (Fsp3) is 0.727. The summed E-state index contributed by atoms with van der Waals surface area (Å²) in [5.74, 6) is -0.617. The zero-order valence-corrected chi connectivity index (χ0v) is 10.9. The summed E-state index contributed by atoms with van der Waals surface area (Å²) in [6.45, 7) is 0.956. The number of amidine groups is 1. The second-order valence-corrected chi connectivity index (χ2v) is 4.36. The first kappa shape index (κ1) is 15.2. The molecule has 108 valence electrons. The molecule has 1 fully saturated rings. The van der Waals surface area contributed by atoms with Crippen molar-refractivity contribution in [1.29, 1.82) is 0 Å². The molecule has 19 heavy (non-hydrogen) atoms. The number of carbonyl (C=O) groups excluding carboxylic acids is 2. The lowest BCUT2D eigenvalue weighted by Crippen LogP contribution is -2.53. The molecule has 0 aromatic rings. The van der Waals surface area contributed by atoms with E-state index in [-0.39, 0.29) is 30.6 Å². The van der Waals surface area contributed by atoms with Crippen molar-refractivity contribution in [3.05, 3.63) is 0 Å². The normalized spacial score (nSPS) is 18.7. The molecular weight excluding hydrogens is 252 g/mol. The van der Waals surface area contributed by atoms with Gasteiger partial charge in [0.25, 0.3) is 0 Å². The molecule has 0 aromatic carbocycles. The maximum absolute atomic E-state index is 12.2.